The summed E-state index contributed by atoms with van der Waals surface area (Å²) in [6.07, 6.45) is 0.229. The van der Waals surface area contributed by atoms with E-state index in [9.17, 15) is 14.7 Å². The zero-order valence-electron chi connectivity index (χ0n) is 12.9. The highest BCUT2D eigenvalue weighted by Gasteiger charge is 2.20. The first-order chi connectivity index (χ1) is 11.0. The molecule has 0 aliphatic carbocycles. The number of carbonyl (C=O) groups excluding carboxylic acids is 1. The second kappa shape index (κ2) is 7.98. The number of ether oxygens (including phenoxy) is 1. The molecular weight excluding hydrogens is 294 g/mol. The Kier molecular flexibility index (Phi) is 5.74. The van der Waals surface area contributed by atoms with Crippen molar-refractivity contribution >= 4 is 11.9 Å². The first-order valence-electron chi connectivity index (χ1n) is 7.30. The smallest absolute Gasteiger partial charge is 0.326 e. The molecule has 0 aromatic heterocycles. The predicted octanol–water partition coefficient (Wildman–Crippen LogP) is 2.19. The molecule has 0 aliphatic heterocycles. The highest BCUT2D eigenvalue weighted by atomic mass is 16.5. The van der Waals surface area contributed by atoms with Gasteiger partial charge in [0.2, 0.25) is 0 Å². The van der Waals surface area contributed by atoms with Crippen molar-refractivity contribution in [1.29, 1.82) is 0 Å². The molecule has 2 N–H and O–H groups in total. The Bertz CT molecular complexity index is 652. The van der Waals surface area contributed by atoms with Crippen molar-refractivity contribution in [3.05, 3.63) is 65.7 Å². The van der Waals surface area contributed by atoms with Crippen molar-refractivity contribution in [1.82, 2.24) is 5.32 Å². The maximum atomic E-state index is 11.9. The van der Waals surface area contributed by atoms with Crippen LogP contribution in [-0.2, 0) is 16.0 Å². The fraction of sp³-hybridized carbons (Fsp3) is 0.222. The third-order valence-corrected chi connectivity index (χ3v) is 3.31. The molecule has 2 aromatic rings. The van der Waals surface area contributed by atoms with Crippen LogP contribution in [0.15, 0.2) is 54.6 Å². The van der Waals surface area contributed by atoms with E-state index in [1.54, 1.807) is 12.1 Å². The number of carboxylic acid groups (broad SMARTS) is 1. The third kappa shape index (κ3) is 5.47. The van der Waals surface area contributed by atoms with Crippen LogP contribution in [-0.4, -0.2) is 29.6 Å². The normalized spacial score (nSPS) is 11.5. The van der Waals surface area contributed by atoms with Crippen molar-refractivity contribution in [3.63, 3.8) is 0 Å². The lowest BCUT2D eigenvalue weighted by molar-refractivity contribution is -0.142. The monoisotopic (exact) mass is 313 g/mol. The minimum Gasteiger partial charge on any atom is -0.484 e. The molecule has 0 spiro atoms. The van der Waals surface area contributed by atoms with Gasteiger partial charge in [-0.25, -0.2) is 4.79 Å². The molecule has 2 rings (SSSR count). The average Bonchev–Trinajstić information content (AvgIpc) is 2.54. The molecule has 0 bridgehead atoms. The van der Waals surface area contributed by atoms with Crippen molar-refractivity contribution in [2.24, 2.45) is 0 Å². The lowest BCUT2D eigenvalue weighted by atomic mass is 10.1. The van der Waals surface area contributed by atoms with Gasteiger partial charge in [0.1, 0.15) is 11.8 Å². The summed E-state index contributed by atoms with van der Waals surface area (Å²) in [4.78, 5) is 23.2. The number of carboxylic acids is 1. The second-order valence-electron chi connectivity index (χ2n) is 5.25. The Labute approximate surface area is 134 Å². The van der Waals surface area contributed by atoms with Gasteiger partial charge in [-0.3, -0.25) is 4.79 Å². The van der Waals surface area contributed by atoms with E-state index in [0.29, 0.717) is 5.75 Å². The summed E-state index contributed by atoms with van der Waals surface area (Å²) in [6, 6.07) is 15.5. The van der Waals surface area contributed by atoms with E-state index in [-0.39, 0.29) is 13.0 Å². The van der Waals surface area contributed by atoms with Crippen molar-refractivity contribution in [2.75, 3.05) is 6.61 Å². The van der Waals surface area contributed by atoms with E-state index in [4.69, 9.17) is 4.74 Å². The molecule has 0 saturated carbocycles. The van der Waals surface area contributed by atoms with Crippen molar-refractivity contribution in [2.45, 2.75) is 19.4 Å². The van der Waals surface area contributed by atoms with E-state index in [0.717, 1.165) is 11.1 Å². The van der Waals surface area contributed by atoms with Gasteiger partial charge >= 0.3 is 5.97 Å². The lowest BCUT2D eigenvalue weighted by Gasteiger charge is -2.15. The number of aliphatic carboxylic acids is 1. The standard InChI is InChI=1S/C18H19NO4/c1-13-7-9-15(10-8-13)23-12-17(20)19-16(18(21)22)11-14-5-3-2-4-6-14/h2-10,16H,11-12H2,1H3,(H,19,20)(H,21,22)/t16-/m1/s1. The summed E-state index contributed by atoms with van der Waals surface area (Å²) < 4.78 is 5.35. The topological polar surface area (TPSA) is 75.6 Å². The van der Waals surface area contributed by atoms with Crippen molar-refractivity contribution < 1.29 is 19.4 Å². The van der Waals surface area contributed by atoms with Crippen LogP contribution in [0, 0.1) is 6.92 Å². The SMILES string of the molecule is Cc1ccc(OCC(=O)N[C@H](Cc2ccccc2)C(=O)O)cc1. The summed E-state index contributed by atoms with van der Waals surface area (Å²) in [5.41, 5.74) is 1.94. The van der Waals surface area contributed by atoms with Crippen LogP contribution >= 0.6 is 0 Å². The average molecular weight is 313 g/mol. The van der Waals surface area contributed by atoms with Gasteiger partial charge in [0.15, 0.2) is 6.61 Å². The van der Waals surface area contributed by atoms with Crippen LogP contribution in [0.4, 0.5) is 0 Å². The summed E-state index contributed by atoms with van der Waals surface area (Å²) in [7, 11) is 0. The number of nitrogens with one attached hydrogen (secondary N) is 1. The molecule has 0 fully saturated rings. The maximum absolute atomic E-state index is 11.9. The van der Waals surface area contributed by atoms with Gasteiger partial charge < -0.3 is 15.2 Å². The van der Waals surface area contributed by atoms with Crippen molar-refractivity contribution in [3.8, 4) is 5.75 Å². The van der Waals surface area contributed by atoms with Crippen LogP contribution < -0.4 is 10.1 Å². The van der Waals surface area contributed by atoms with Gasteiger partial charge in [-0.15, -0.1) is 0 Å². The number of benzene rings is 2. The van der Waals surface area contributed by atoms with Gasteiger partial charge in [0.25, 0.3) is 5.91 Å². The lowest BCUT2D eigenvalue weighted by Crippen LogP contribution is -2.44. The van der Waals surface area contributed by atoms with Gasteiger partial charge in [0.05, 0.1) is 0 Å². The first kappa shape index (κ1) is 16.5. The number of rotatable bonds is 7. The van der Waals surface area contributed by atoms with Crippen LogP contribution in [0.2, 0.25) is 0 Å². The fourth-order valence-corrected chi connectivity index (χ4v) is 2.07. The molecule has 2 aromatic carbocycles. The number of carbonyl (C=O) groups is 2. The molecule has 5 nitrogen and oxygen atoms in total. The Morgan fingerprint density at radius 1 is 1.09 bits per heavy atom. The largest absolute Gasteiger partial charge is 0.484 e. The zero-order valence-corrected chi connectivity index (χ0v) is 12.9. The van der Waals surface area contributed by atoms with E-state index >= 15 is 0 Å². The van der Waals surface area contributed by atoms with Gasteiger partial charge in [-0.05, 0) is 24.6 Å². The maximum Gasteiger partial charge on any atom is 0.326 e. The van der Waals surface area contributed by atoms with Gasteiger partial charge in [-0.2, -0.15) is 0 Å². The number of hydrogen-bond acceptors (Lipinski definition) is 3. The highest BCUT2D eigenvalue weighted by Crippen LogP contribution is 2.11. The number of aryl methyl sites for hydroxylation is 1. The summed E-state index contributed by atoms with van der Waals surface area (Å²) in [5.74, 6) is -0.966. The fourth-order valence-electron chi connectivity index (χ4n) is 2.07. The molecule has 0 radical (unpaired) electrons. The van der Waals surface area contributed by atoms with Crippen LogP contribution in [0.5, 0.6) is 5.75 Å². The minimum atomic E-state index is -1.07. The molecule has 0 unspecified atom stereocenters. The van der Waals surface area contributed by atoms with Crippen LogP contribution in [0.1, 0.15) is 11.1 Å². The quantitative estimate of drug-likeness (QED) is 0.821. The summed E-state index contributed by atoms with van der Waals surface area (Å²) in [5, 5.41) is 11.7. The first-order valence-corrected chi connectivity index (χ1v) is 7.30. The van der Waals surface area contributed by atoms with E-state index in [1.807, 2.05) is 49.4 Å². The molecule has 1 atom stereocenters. The molecule has 120 valence electrons. The predicted molar refractivity (Wildman–Crippen MR) is 86.4 cm³/mol. The zero-order chi connectivity index (χ0) is 16.7. The summed E-state index contributed by atoms with van der Waals surface area (Å²) in [6.45, 7) is 1.74. The molecule has 1 amide bonds. The van der Waals surface area contributed by atoms with Gasteiger partial charge in [0, 0.05) is 6.42 Å². The Hall–Kier alpha value is -2.82. The van der Waals surface area contributed by atoms with E-state index in [2.05, 4.69) is 5.32 Å². The van der Waals surface area contributed by atoms with Gasteiger partial charge in [-0.1, -0.05) is 48.0 Å². The molecule has 0 aliphatic rings. The van der Waals surface area contributed by atoms with Crippen LogP contribution in [0.25, 0.3) is 0 Å². The van der Waals surface area contributed by atoms with E-state index < -0.39 is 17.9 Å². The third-order valence-electron chi connectivity index (χ3n) is 3.31. The Morgan fingerprint density at radius 2 is 1.74 bits per heavy atom. The molecule has 23 heavy (non-hydrogen) atoms. The van der Waals surface area contributed by atoms with E-state index in [1.165, 1.54) is 0 Å². The Balaban J connectivity index is 1.88. The number of hydrogen-bond donors (Lipinski definition) is 2. The molecule has 0 heterocycles. The Morgan fingerprint density at radius 3 is 2.35 bits per heavy atom. The highest BCUT2D eigenvalue weighted by molar-refractivity contribution is 5.84. The number of amides is 1. The molecule has 0 saturated heterocycles. The molecule has 5 heteroatoms. The second-order valence-corrected chi connectivity index (χ2v) is 5.25. The van der Waals surface area contributed by atoms with Crippen LogP contribution in [0.3, 0.4) is 0 Å². The summed E-state index contributed by atoms with van der Waals surface area (Å²) >= 11 is 0. The minimum absolute atomic E-state index is 0.221. The molecular formula is C18H19NO4.